The minimum Gasteiger partial charge on any atom is -0.318 e. The van der Waals surface area contributed by atoms with Gasteiger partial charge in [0.25, 0.3) is 5.91 Å². The molecule has 11 heavy (non-hydrogen) atoms. The van der Waals surface area contributed by atoms with Gasteiger partial charge in [0, 0.05) is 0 Å². The fraction of sp³-hybridized carbons (Fsp3) is 0.500. The van der Waals surface area contributed by atoms with Crippen molar-refractivity contribution in [2.24, 2.45) is 5.73 Å². The summed E-state index contributed by atoms with van der Waals surface area (Å²) in [5, 5.41) is 0. The van der Waals surface area contributed by atoms with Crippen molar-refractivity contribution < 1.29 is 14.4 Å². The average molecular weight is 158 g/mol. The van der Waals surface area contributed by atoms with E-state index in [4.69, 9.17) is 5.73 Å². The Balaban J connectivity index is 4.46. The second-order valence-corrected chi connectivity index (χ2v) is 2.64. The molecule has 5 nitrogen and oxygen atoms in total. The highest BCUT2D eigenvalue weighted by molar-refractivity contribution is 6.01. The maximum atomic E-state index is 11.0. The van der Waals surface area contributed by atoms with Crippen molar-refractivity contribution >= 4 is 18.7 Å². The van der Waals surface area contributed by atoms with Gasteiger partial charge in [-0.2, -0.15) is 0 Å². The molecule has 0 atom stereocenters. The van der Waals surface area contributed by atoms with E-state index >= 15 is 0 Å². The fourth-order valence-electron chi connectivity index (χ4n) is 0.453. The maximum Gasteiger partial charge on any atom is 0.255 e. The van der Waals surface area contributed by atoms with Crippen LogP contribution in [0.4, 0.5) is 0 Å². The molecule has 5 heteroatoms. The molecule has 3 amide bonds. The standard InChI is InChI=1S/C6H10N2O3/c1-6(2,7)5(11)8(3-9)4-10/h3-4H,7H2,1-2H3. The molecule has 0 bridgehead atoms. The zero-order valence-electron chi connectivity index (χ0n) is 6.40. The van der Waals surface area contributed by atoms with E-state index in [1.165, 1.54) is 13.8 Å². The van der Waals surface area contributed by atoms with Crippen LogP contribution in [0.3, 0.4) is 0 Å². The Morgan fingerprint density at radius 3 is 1.82 bits per heavy atom. The summed E-state index contributed by atoms with van der Waals surface area (Å²) >= 11 is 0. The molecule has 0 aromatic heterocycles. The third-order valence-corrected chi connectivity index (χ3v) is 1.01. The first-order valence-corrected chi connectivity index (χ1v) is 2.95. The van der Waals surface area contributed by atoms with Gasteiger partial charge in [0.15, 0.2) is 0 Å². The molecule has 0 saturated heterocycles. The van der Waals surface area contributed by atoms with Crippen LogP contribution in [0, 0.1) is 0 Å². The number of nitrogens with zero attached hydrogens (tertiary/aromatic N) is 1. The minimum absolute atomic E-state index is 0.129. The Kier molecular flexibility index (Phi) is 2.88. The van der Waals surface area contributed by atoms with Crippen molar-refractivity contribution in [3.63, 3.8) is 0 Å². The summed E-state index contributed by atoms with van der Waals surface area (Å²) in [5.41, 5.74) is 4.13. The van der Waals surface area contributed by atoms with Gasteiger partial charge in [-0.05, 0) is 13.8 Å². The van der Waals surface area contributed by atoms with Gasteiger partial charge in [0.1, 0.15) is 0 Å². The normalized spacial score (nSPS) is 10.5. The maximum absolute atomic E-state index is 11.0. The Bertz CT molecular complexity index is 175. The SMILES string of the molecule is CC(C)(N)C(=O)N(C=O)C=O. The van der Waals surface area contributed by atoms with E-state index in [0.717, 1.165) is 0 Å². The number of amides is 3. The van der Waals surface area contributed by atoms with Crippen LogP contribution in [-0.2, 0) is 14.4 Å². The highest BCUT2D eigenvalue weighted by Gasteiger charge is 2.27. The number of rotatable bonds is 3. The summed E-state index contributed by atoms with van der Waals surface area (Å²) in [4.78, 5) is 31.4. The van der Waals surface area contributed by atoms with E-state index < -0.39 is 11.4 Å². The van der Waals surface area contributed by atoms with Crippen molar-refractivity contribution in [2.75, 3.05) is 0 Å². The number of hydrogen-bond donors (Lipinski definition) is 1. The van der Waals surface area contributed by atoms with E-state index in [1.54, 1.807) is 0 Å². The third kappa shape index (κ3) is 2.46. The summed E-state index contributed by atoms with van der Waals surface area (Å²) in [5.74, 6) is -0.720. The zero-order chi connectivity index (χ0) is 9.07. The third-order valence-electron chi connectivity index (χ3n) is 1.01. The van der Waals surface area contributed by atoms with Crippen LogP contribution >= 0.6 is 0 Å². The second-order valence-electron chi connectivity index (χ2n) is 2.64. The predicted octanol–water partition coefficient (Wildman–Crippen LogP) is -1.13. The summed E-state index contributed by atoms with van der Waals surface area (Å²) < 4.78 is 0. The fourth-order valence-corrected chi connectivity index (χ4v) is 0.453. The molecule has 0 aliphatic rings. The number of hydrogen-bond acceptors (Lipinski definition) is 4. The Labute approximate surface area is 64.1 Å². The molecule has 0 aromatic carbocycles. The molecule has 0 saturated carbocycles. The Morgan fingerprint density at radius 1 is 1.36 bits per heavy atom. The van der Waals surface area contributed by atoms with Gasteiger partial charge in [0.2, 0.25) is 12.8 Å². The van der Waals surface area contributed by atoms with Crippen LogP contribution in [0.1, 0.15) is 13.8 Å². The molecule has 0 heterocycles. The molecule has 62 valence electrons. The van der Waals surface area contributed by atoms with E-state index in [0.29, 0.717) is 4.90 Å². The van der Waals surface area contributed by atoms with E-state index in [-0.39, 0.29) is 12.8 Å². The van der Waals surface area contributed by atoms with Gasteiger partial charge in [-0.15, -0.1) is 0 Å². The minimum atomic E-state index is -1.19. The summed E-state index contributed by atoms with van der Waals surface area (Å²) in [6.07, 6.45) is 0.258. The lowest BCUT2D eigenvalue weighted by molar-refractivity contribution is -0.146. The first-order chi connectivity index (χ1) is 4.93. The van der Waals surface area contributed by atoms with E-state index in [9.17, 15) is 14.4 Å². The predicted molar refractivity (Wildman–Crippen MR) is 37.2 cm³/mol. The highest BCUT2D eigenvalue weighted by atomic mass is 16.2. The monoisotopic (exact) mass is 158 g/mol. The average Bonchev–Trinajstić information content (AvgIpc) is 1.88. The van der Waals surface area contributed by atoms with Gasteiger partial charge in [-0.1, -0.05) is 0 Å². The number of nitrogens with two attached hydrogens (primary N) is 1. The molecular weight excluding hydrogens is 148 g/mol. The first-order valence-electron chi connectivity index (χ1n) is 2.95. The molecule has 0 aliphatic carbocycles. The Morgan fingerprint density at radius 2 is 1.73 bits per heavy atom. The van der Waals surface area contributed by atoms with Gasteiger partial charge < -0.3 is 5.73 Å². The molecule has 0 radical (unpaired) electrons. The van der Waals surface area contributed by atoms with Crippen LogP contribution in [-0.4, -0.2) is 29.2 Å². The smallest absolute Gasteiger partial charge is 0.255 e. The lowest BCUT2D eigenvalue weighted by Crippen LogP contribution is -2.50. The number of imide groups is 3. The zero-order valence-corrected chi connectivity index (χ0v) is 6.40. The van der Waals surface area contributed by atoms with Gasteiger partial charge >= 0.3 is 0 Å². The van der Waals surface area contributed by atoms with Crippen LogP contribution in [0.5, 0.6) is 0 Å². The summed E-state index contributed by atoms with van der Waals surface area (Å²) in [6.45, 7) is 2.82. The molecule has 0 spiro atoms. The number of carbonyl (C=O) groups is 3. The molecule has 0 fully saturated rings. The Hall–Kier alpha value is -1.23. The largest absolute Gasteiger partial charge is 0.318 e. The second kappa shape index (κ2) is 3.25. The van der Waals surface area contributed by atoms with Crippen molar-refractivity contribution in [3.05, 3.63) is 0 Å². The first kappa shape index (κ1) is 9.77. The lowest BCUT2D eigenvalue weighted by Gasteiger charge is -2.19. The lowest BCUT2D eigenvalue weighted by atomic mass is 10.1. The van der Waals surface area contributed by atoms with Crippen molar-refractivity contribution in [1.29, 1.82) is 0 Å². The quantitative estimate of drug-likeness (QED) is 0.527. The van der Waals surface area contributed by atoms with Crippen LogP contribution in [0.15, 0.2) is 0 Å². The van der Waals surface area contributed by atoms with E-state index in [1.807, 2.05) is 0 Å². The van der Waals surface area contributed by atoms with Gasteiger partial charge in [-0.3, -0.25) is 14.4 Å². The highest BCUT2D eigenvalue weighted by Crippen LogP contribution is 2.00. The molecule has 0 aromatic rings. The summed E-state index contributed by atoms with van der Waals surface area (Å²) in [7, 11) is 0. The van der Waals surface area contributed by atoms with Crippen molar-refractivity contribution in [3.8, 4) is 0 Å². The molecule has 2 N–H and O–H groups in total. The van der Waals surface area contributed by atoms with Gasteiger partial charge in [0.05, 0.1) is 5.54 Å². The topological polar surface area (TPSA) is 80.5 Å². The number of carbonyl (C=O) groups excluding carboxylic acids is 3. The van der Waals surface area contributed by atoms with Crippen LogP contribution in [0.25, 0.3) is 0 Å². The van der Waals surface area contributed by atoms with Crippen molar-refractivity contribution in [2.45, 2.75) is 19.4 Å². The van der Waals surface area contributed by atoms with Gasteiger partial charge in [-0.25, -0.2) is 4.90 Å². The molecule has 0 unspecified atom stereocenters. The molecule has 0 rings (SSSR count). The molecule has 0 aliphatic heterocycles. The summed E-state index contributed by atoms with van der Waals surface area (Å²) in [6, 6.07) is 0. The van der Waals surface area contributed by atoms with E-state index in [2.05, 4.69) is 0 Å². The van der Waals surface area contributed by atoms with Crippen LogP contribution in [0.2, 0.25) is 0 Å². The van der Waals surface area contributed by atoms with Crippen LogP contribution < -0.4 is 5.73 Å². The molecular formula is C6H10N2O3. The van der Waals surface area contributed by atoms with Crippen molar-refractivity contribution in [1.82, 2.24) is 4.90 Å².